The Balaban J connectivity index is 1.45. The smallest absolute Gasteiger partial charge is 0.387 e. The molecule has 1 saturated carbocycles. The number of hydrogen-bond donors (Lipinski definition) is 1. The predicted molar refractivity (Wildman–Crippen MR) is 125 cm³/mol. The minimum Gasteiger partial charge on any atom is -0.496 e. The van der Waals surface area contributed by atoms with Gasteiger partial charge in [-0.1, -0.05) is 6.92 Å². The topological polar surface area (TPSA) is 77.3 Å². The van der Waals surface area contributed by atoms with Gasteiger partial charge in [0, 0.05) is 42.4 Å². The minimum atomic E-state index is -3.10. The summed E-state index contributed by atoms with van der Waals surface area (Å²) in [7, 11) is 3.47. The maximum absolute atomic E-state index is 13.2. The van der Waals surface area contributed by atoms with Crippen LogP contribution in [-0.4, -0.2) is 66.7 Å². The average molecular weight is 487 g/mol. The second-order valence-electron chi connectivity index (χ2n) is 9.68. The molecule has 1 N–H and O–H groups in total. The molecular weight excluding hydrogens is 458 g/mol. The first-order valence-corrected chi connectivity index (χ1v) is 11.5. The van der Waals surface area contributed by atoms with Gasteiger partial charge in [0.25, 0.3) is 5.91 Å². The number of fused-ring (bicyclic) bond motifs is 1. The third-order valence-corrected chi connectivity index (χ3v) is 6.31. The molecule has 0 bridgehead atoms. The van der Waals surface area contributed by atoms with Crippen molar-refractivity contribution in [2.75, 3.05) is 33.9 Å². The molecule has 0 spiro atoms. The molecule has 0 radical (unpaired) electrons. The van der Waals surface area contributed by atoms with Crippen LogP contribution in [0.4, 0.5) is 8.78 Å². The molecule has 5 rings (SSSR count). The summed E-state index contributed by atoms with van der Waals surface area (Å²) in [6.07, 6.45) is 5.17. The van der Waals surface area contributed by atoms with Crippen molar-refractivity contribution in [3.05, 3.63) is 42.2 Å². The highest BCUT2D eigenvalue weighted by molar-refractivity contribution is 6.01. The zero-order valence-electron chi connectivity index (χ0n) is 19.9. The quantitative estimate of drug-likeness (QED) is 0.495. The molecule has 0 unspecified atom stereocenters. The van der Waals surface area contributed by atoms with Gasteiger partial charge in [-0.15, -0.1) is 0 Å². The molecule has 2 aromatic heterocycles. The van der Waals surface area contributed by atoms with Gasteiger partial charge < -0.3 is 24.4 Å². The Labute approximate surface area is 201 Å². The Kier molecular flexibility index (Phi) is 6.00. The monoisotopic (exact) mass is 486 g/mol. The highest BCUT2D eigenvalue weighted by atomic mass is 19.3. The van der Waals surface area contributed by atoms with Crippen molar-refractivity contribution in [3.8, 4) is 28.5 Å². The molecular formula is C25H28F2N4O4. The van der Waals surface area contributed by atoms with E-state index in [9.17, 15) is 13.6 Å². The van der Waals surface area contributed by atoms with Crippen LogP contribution in [0, 0.1) is 5.41 Å². The molecule has 1 amide bonds. The van der Waals surface area contributed by atoms with E-state index in [0.29, 0.717) is 29.3 Å². The first-order chi connectivity index (χ1) is 16.7. The van der Waals surface area contributed by atoms with Gasteiger partial charge in [0.15, 0.2) is 0 Å². The summed E-state index contributed by atoms with van der Waals surface area (Å²) < 4.78 is 44.4. The van der Waals surface area contributed by atoms with Crippen LogP contribution in [0.5, 0.6) is 17.2 Å². The number of aromatic nitrogens is 2. The first-order valence-electron chi connectivity index (χ1n) is 11.5. The number of carbonyl (C=O) groups excluding carboxylic acids is 1. The van der Waals surface area contributed by atoms with Gasteiger partial charge in [-0.05, 0) is 38.1 Å². The molecule has 186 valence electrons. The maximum Gasteiger partial charge on any atom is 0.387 e. The number of pyridine rings is 1. The number of methoxy groups -OCH3 is 1. The fourth-order valence-electron chi connectivity index (χ4n) is 4.67. The van der Waals surface area contributed by atoms with Gasteiger partial charge >= 0.3 is 6.61 Å². The average Bonchev–Trinajstić information content (AvgIpc) is 3.50. The maximum atomic E-state index is 13.2. The first kappa shape index (κ1) is 23.3. The minimum absolute atomic E-state index is 0.0502. The molecule has 10 heteroatoms. The number of imidazole rings is 1. The van der Waals surface area contributed by atoms with Crippen LogP contribution in [0.2, 0.25) is 0 Å². The Hall–Kier alpha value is -3.40. The number of hydrogen-bond acceptors (Lipinski definition) is 6. The van der Waals surface area contributed by atoms with Crippen LogP contribution in [0.25, 0.3) is 16.9 Å². The van der Waals surface area contributed by atoms with Crippen molar-refractivity contribution >= 4 is 11.6 Å². The van der Waals surface area contributed by atoms with Crippen molar-refractivity contribution < 1.29 is 27.8 Å². The Morgan fingerprint density at radius 3 is 2.66 bits per heavy atom. The van der Waals surface area contributed by atoms with Crippen LogP contribution in [0.3, 0.4) is 0 Å². The van der Waals surface area contributed by atoms with Crippen molar-refractivity contribution in [1.29, 1.82) is 0 Å². The normalized spacial score (nSPS) is 17.3. The Morgan fingerprint density at radius 2 is 2.00 bits per heavy atom. The summed E-state index contributed by atoms with van der Waals surface area (Å²) in [5, 5.41) is 2.80. The molecule has 0 atom stereocenters. The number of nitrogens with zero attached hydrogens (tertiary/aromatic N) is 3. The van der Waals surface area contributed by atoms with Crippen molar-refractivity contribution in [2.45, 2.75) is 32.4 Å². The van der Waals surface area contributed by atoms with Gasteiger partial charge in [-0.3, -0.25) is 9.20 Å². The Morgan fingerprint density at radius 1 is 1.26 bits per heavy atom. The predicted octanol–water partition coefficient (Wildman–Crippen LogP) is 3.83. The number of rotatable bonds is 9. The summed E-state index contributed by atoms with van der Waals surface area (Å²) in [6, 6.07) is 6.77. The van der Waals surface area contributed by atoms with Crippen LogP contribution in [0.15, 0.2) is 36.7 Å². The fraction of sp³-hybridized carbons (Fsp3) is 0.440. The van der Waals surface area contributed by atoms with E-state index in [1.807, 2.05) is 22.7 Å². The summed E-state index contributed by atoms with van der Waals surface area (Å²) >= 11 is 0. The molecule has 35 heavy (non-hydrogen) atoms. The highest BCUT2D eigenvalue weighted by Gasteiger charge is 2.37. The molecule has 3 aromatic rings. The number of carbonyl (C=O) groups is 1. The molecule has 2 fully saturated rings. The molecule has 3 heterocycles. The lowest BCUT2D eigenvalue weighted by Gasteiger charge is -2.45. The molecule has 2 aliphatic rings. The number of alkyl halides is 2. The number of benzene rings is 1. The highest BCUT2D eigenvalue weighted by Crippen LogP contribution is 2.37. The lowest BCUT2D eigenvalue weighted by molar-refractivity contribution is -0.0502. The van der Waals surface area contributed by atoms with Gasteiger partial charge in [0.1, 0.15) is 28.5 Å². The van der Waals surface area contributed by atoms with Crippen LogP contribution < -0.4 is 19.5 Å². The third kappa shape index (κ3) is 4.88. The van der Waals surface area contributed by atoms with Gasteiger partial charge in [0.05, 0.1) is 25.6 Å². The van der Waals surface area contributed by atoms with E-state index < -0.39 is 12.5 Å². The summed E-state index contributed by atoms with van der Waals surface area (Å²) in [5.41, 5.74) is 1.87. The van der Waals surface area contributed by atoms with Gasteiger partial charge in [-0.2, -0.15) is 8.78 Å². The Bertz CT molecular complexity index is 1250. The molecule has 1 aromatic carbocycles. The summed E-state index contributed by atoms with van der Waals surface area (Å²) in [5.74, 6) is 0.0979. The van der Waals surface area contributed by atoms with Gasteiger partial charge in [0.2, 0.25) is 0 Å². The van der Waals surface area contributed by atoms with E-state index in [0.717, 1.165) is 25.9 Å². The molecule has 8 nitrogen and oxygen atoms in total. The van der Waals surface area contributed by atoms with E-state index in [4.69, 9.17) is 14.2 Å². The van der Waals surface area contributed by atoms with E-state index in [2.05, 4.69) is 29.2 Å². The SMILES string of the molecule is COc1cc(-c2cnc3cc(OCC4(C)CN(C)C4)ccn23)cc(OC(F)F)c1C(=O)NC1CC1. The summed E-state index contributed by atoms with van der Waals surface area (Å²) in [4.78, 5) is 19.5. The number of halogens is 2. The van der Waals surface area contributed by atoms with Crippen LogP contribution in [-0.2, 0) is 0 Å². The fourth-order valence-corrected chi connectivity index (χ4v) is 4.67. The number of nitrogens with one attached hydrogen (secondary N) is 1. The van der Waals surface area contributed by atoms with E-state index in [1.54, 1.807) is 12.3 Å². The molecule has 1 saturated heterocycles. The van der Waals surface area contributed by atoms with Crippen LogP contribution in [0.1, 0.15) is 30.1 Å². The zero-order chi connectivity index (χ0) is 24.7. The number of likely N-dealkylation sites (tertiary alicyclic amines) is 1. The molecule has 1 aliphatic heterocycles. The van der Waals surface area contributed by atoms with E-state index >= 15 is 0 Å². The van der Waals surface area contributed by atoms with Crippen LogP contribution >= 0.6 is 0 Å². The second-order valence-corrected chi connectivity index (χ2v) is 9.68. The number of amides is 1. The third-order valence-electron chi connectivity index (χ3n) is 6.31. The van der Waals surface area contributed by atoms with E-state index in [-0.39, 0.29) is 28.5 Å². The lowest BCUT2D eigenvalue weighted by Crippen LogP contribution is -2.55. The van der Waals surface area contributed by atoms with Crippen molar-refractivity contribution in [3.63, 3.8) is 0 Å². The van der Waals surface area contributed by atoms with E-state index in [1.165, 1.54) is 13.2 Å². The van der Waals surface area contributed by atoms with Crippen molar-refractivity contribution in [1.82, 2.24) is 19.6 Å². The standard InChI is InChI=1S/C25H28F2N4O4/c1-25(12-30(2)13-25)14-34-17-6-7-31-18(11-28-21(31)10-17)15-8-19(33-3)22(20(9-15)35-24(26)27)23(32)29-16-4-5-16/h6-11,16,24H,4-5,12-14H2,1-3H3,(H,29,32). The molecule has 1 aliphatic carbocycles. The summed E-state index contributed by atoms with van der Waals surface area (Å²) in [6.45, 7) is 1.68. The van der Waals surface area contributed by atoms with Crippen molar-refractivity contribution in [2.24, 2.45) is 5.41 Å². The largest absolute Gasteiger partial charge is 0.496 e. The zero-order valence-corrected chi connectivity index (χ0v) is 19.9. The number of ether oxygens (including phenoxy) is 3. The lowest BCUT2D eigenvalue weighted by atomic mass is 9.83. The second kappa shape index (κ2) is 8.99. The van der Waals surface area contributed by atoms with Gasteiger partial charge in [-0.25, -0.2) is 4.98 Å².